The van der Waals surface area contributed by atoms with Crippen molar-refractivity contribution < 1.29 is 13.9 Å². The molecule has 6 heteroatoms. The predicted molar refractivity (Wildman–Crippen MR) is 85.5 cm³/mol. The van der Waals surface area contributed by atoms with Gasteiger partial charge in [0.2, 0.25) is 11.8 Å². The summed E-state index contributed by atoms with van der Waals surface area (Å²) in [4.78, 5) is 0. The monoisotopic (exact) mass is 319 g/mol. The summed E-state index contributed by atoms with van der Waals surface area (Å²) in [5, 5.41) is 17.2. The molecule has 24 heavy (non-hydrogen) atoms. The lowest BCUT2D eigenvalue weighted by atomic mass is 10.1. The molecule has 0 saturated carbocycles. The molecule has 0 unspecified atom stereocenters. The zero-order valence-electron chi connectivity index (χ0n) is 12.7. The van der Waals surface area contributed by atoms with Crippen molar-refractivity contribution in [2.24, 2.45) is 0 Å². The molecule has 1 aliphatic rings. The molecule has 0 aliphatic carbocycles. The van der Waals surface area contributed by atoms with Crippen LogP contribution in [-0.4, -0.2) is 23.4 Å². The van der Waals surface area contributed by atoms with Gasteiger partial charge in [-0.2, -0.15) is 5.26 Å². The highest BCUT2D eigenvalue weighted by Crippen LogP contribution is 2.34. The van der Waals surface area contributed by atoms with Crippen molar-refractivity contribution in [3.05, 3.63) is 48.0 Å². The van der Waals surface area contributed by atoms with Crippen molar-refractivity contribution in [2.45, 2.75) is 6.42 Å². The molecule has 0 radical (unpaired) electrons. The fourth-order valence-electron chi connectivity index (χ4n) is 2.47. The number of fused-ring (bicyclic) bond motifs is 1. The molecule has 0 N–H and O–H groups in total. The summed E-state index contributed by atoms with van der Waals surface area (Å²) in [6.07, 6.45) is 0.851. The minimum absolute atomic E-state index is 0.370. The lowest BCUT2D eigenvalue weighted by Crippen LogP contribution is -1.97. The van der Waals surface area contributed by atoms with E-state index in [1.54, 1.807) is 18.2 Å². The van der Waals surface area contributed by atoms with Gasteiger partial charge in [0.25, 0.3) is 0 Å². The van der Waals surface area contributed by atoms with E-state index in [0.717, 1.165) is 17.7 Å². The fraction of sp³-hybridized carbons (Fsp3) is 0.167. The molecular formula is C18H13N3O3. The molecule has 0 atom stereocenters. The molecule has 3 aromatic rings. The summed E-state index contributed by atoms with van der Waals surface area (Å²) in [5.41, 5.74) is 2.01. The van der Waals surface area contributed by atoms with Gasteiger partial charge in [-0.15, -0.1) is 10.2 Å². The number of ether oxygens (including phenoxy) is 2. The average Bonchev–Trinajstić information content (AvgIpc) is 3.01. The fourth-order valence-corrected chi connectivity index (χ4v) is 2.47. The van der Waals surface area contributed by atoms with Gasteiger partial charge in [0.15, 0.2) is 11.5 Å². The third-order valence-electron chi connectivity index (χ3n) is 3.66. The van der Waals surface area contributed by atoms with Crippen LogP contribution in [0.15, 0.2) is 46.9 Å². The number of rotatable bonds is 2. The first-order chi connectivity index (χ1) is 11.8. The first kappa shape index (κ1) is 14.3. The maximum atomic E-state index is 8.99. The molecule has 6 nitrogen and oxygen atoms in total. The molecule has 0 saturated heterocycles. The average molecular weight is 319 g/mol. The molecule has 1 aliphatic heterocycles. The Balaban J connectivity index is 1.67. The highest BCUT2D eigenvalue weighted by atomic mass is 16.5. The van der Waals surface area contributed by atoms with Crippen molar-refractivity contribution in [1.29, 1.82) is 5.26 Å². The van der Waals surface area contributed by atoms with Crippen LogP contribution in [-0.2, 0) is 0 Å². The Morgan fingerprint density at radius 2 is 1.62 bits per heavy atom. The Hall–Kier alpha value is -3.33. The SMILES string of the molecule is N#Cc1cccc(-c2nnc(-c3ccc4c(c3)OCCCO4)o2)c1. The lowest BCUT2D eigenvalue weighted by Gasteiger charge is -2.07. The maximum absolute atomic E-state index is 8.99. The topological polar surface area (TPSA) is 81.2 Å². The summed E-state index contributed by atoms with van der Waals surface area (Å²) in [6.45, 7) is 1.26. The normalized spacial score (nSPS) is 13.1. The van der Waals surface area contributed by atoms with Crippen LogP contribution in [0.4, 0.5) is 0 Å². The molecule has 2 heterocycles. The van der Waals surface area contributed by atoms with Crippen LogP contribution in [0.1, 0.15) is 12.0 Å². The predicted octanol–water partition coefficient (Wildman–Crippen LogP) is 3.44. The van der Waals surface area contributed by atoms with E-state index >= 15 is 0 Å². The molecule has 4 rings (SSSR count). The van der Waals surface area contributed by atoms with Gasteiger partial charge in [0, 0.05) is 17.5 Å². The Kier molecular flexibility index (Phi) is 3.60. The van der Waals surface area contributed by atoms with E-state index in [0.29, 0.717) is 41.9 Å². The lowest BCUT2D eigenvalue weighted by molar-refractivity contribution is 0.297. The van der Waals surface area contributed by atoms with Crippen LogP contribution in [0.2, 0.25) is 0 Å². The van der Waals surface area contributed by atoms with E-state index in [-0.39, 0.29) is 0 Å². The van der Waals surface area contributed by atoms with E-state index in [9.17, 15) is 0 Å². The van der Waals surface area contributed by atoms with Crippen molar-refractivity contribution in [2.75, 3.05) is 13.2 Å². The third kappa shape index (κ3) is 2.68. The maximum Gasteiger partial charge on any atom is 0.248 e. The number of hydrogen-bond donors (Lipinski definition) is 0. The molecule has 0 bridgehead atoms. The van der Waals surface area contributed by atoms with Crippen LogP contribution < -0.4 is 9.47 Å². The second-order valence-electron chi connectivity index (χ2n) is 5.32. The summed E-state index contributed by atoms with van der Waals surface area (Å²) < 4.78 is 17.0. The second-order valence-corrected chi connectivity index (χ2v) is 5.32. The third-order valence-corrected chi connectivity index (χ3v) is 3.66. The quantitative estimate of drug-likeness (QED) is 0.719. The van der Waals surface area contributed by atoms with Crippen LogP contribution in [0.25, 0.3) is 22.9 Å². The van der Waals surface area contributed by atoms with Crippen molar-refractivity contribution in [3.8, 4) is 40.5 Å². The van der Waals surface area contributed by atoms with E-state index in [2.05, 4.69) is 16.3 Å². The van der Waals surface area contributed by atoms with Crippen LogP contribution in [0.5, 0.6) is 11.5 Å². The molecule has 2 aromatic carbocycles. The number of benzene rings is 2. The van der Waals surface area contributed by atoms with Crippen LogP contribution in [0, 0.1) is 11.3 Å². The van der Waals surface area contributed by atoms with Crippen molar-refractivity contribution >= 4 is 0 Å². The van der Waals surface area contributed by atoms with E-state index in [1.807, 2.05) is 24.3 Å². The van der Waals surface area contributed by atoms with Gasteiger partial charge in [-0.1, -0.05) is 6.07 Å². The first-order valence-electron chi connectivity index (χ1n) is 7.57. The Morgan fingerprint density at radius 3 is 2.42 bits per heavy atom. The first-order valence-corrected chi connectivity index (χ1v) is 7.57. The van der Waals surface area contributed by atoms with Gasteiger partial charge in [0.05, 0.1) is 24.8 Å². The minimum atomic E-state index is 0.370. The van der Waals surface area contributed by atoms with Crippen molar-refractivity contribution in [3.63, 3.8) is 0 Å². The highest BCUT2D eigenvalue weighted by molar-refractivity contribution is 5.62. The standard InChI is InChI=1S/C18H13N3O3/c19-11-12-3-1-4-13(9-12)17-20-21-18(24-17)14-5-6-15-16(10-14)23-8-2-7-22-15/h1,3-6,9-10H,2,7-8H2. The van der Waals surface area contributed by atoms with Crippen LogP contribution >= 0.6 is 0 Å². The summed E-state index contributed by atoms with van der Waals surface area (Å²) in [7, 11) is 0. The summed E-state index contributed by atoms with van der Waals surface area (Å²) >= 11 is 0. The molecule has 0 amide bonds. The highest BCUT2D eigenvalue weighted by Gasteiger charge is 2.15. The zero-order valence-corrected chi connectivity index (χ0v) is 12.7. The molecule has 0 spiro atoms. The van der Waals surface area contributed by atoms with Crippen molar-refractivity contribution in [1.82, 2.24) is 10.2 Å². The smallest absolute Gasteiger partial charge is 0.248 e. The molecule has 0 fully saturated rings. The Morgan fingerprint density at radius 1 is 0.875 bits per heavy atom. The molecule has 118 valence electrons. The van der Waals surface area contributed by atoms with Crippen LogP contribution in [0.3, 0.4) is 0 Å². The summed E-state index contributed by atoms with van der Waals surface area (Å²) in [6, 6.07) is 14.7. The van der Waals surface area contributed by atoms with E-state index in [4.69, 9.17) is 19.2 Å². The molecular weight excluding hydrogens is 306 g/mol. The zero-order chi connectivity index (χ0) is 16.4. The van der Waals surface area contributed by atoms with Gasteiger partial charge in [-0.25, -0.2) is 0 Å². The van der Waals surface area contributed by atoms with Gasteiger partial charge in [0.1, 0.15) is 0 Å². The number of hydrogen-bond acceptors (Lipinski definition) is 6. The number of nitrogens with zero attached hydrogens (tertiary/aromatic N) is 3. The molecule has 1 aromatic heterocycles. The van der Waals surface area contributed by atoms with E-state index in [1.165, 1.54) is 0 Å². The summed E-state index contributed by atoms with van der Waals surface area (Å²) in [5.74, 6) is 2.16. The minimum Gasteiger partial charge on any atom is -0.490 e. The number of aromatic nitrogens is 2. The van der Waals surface area contributed by atoms with Gasteiger partial charge in [-0.05, 0) is 36.4 Å². The van der Waals surface area contributed by atoms with Gasteiger partial charge >= 0.3 is 0 Å². The largest absolute Gasteiger partial charge is 0.490 e. The Labute approximate surface area is 138 Å². The van der Waals surface area contributed by atoms with Gasteiger partial charge in [-0.3, -0.25) is 0 Å². The number of nitriles is 1. The van der Waals surface area contributed by atoms with Gasteiger partial charge < -0.3 is 13.9 Å². The Bertz CT molecular complexity index is 927. The van der Waals surface area contributed by atoms with E-state index < -0.39 is 0 Å². The second kappa shape index (κ2) is 6.05.